The Bertz CT molecular complexity index is 6640. The minimum absolute atomic E-state index is 0.562. The van der Waals surface area contributed by atoms with Crippen LogP contribution in [0.1, 0.15) is 213 Å². The number of aryl methyl sites for hydroxylation is 4. The Morgan fingerprint density at radius 3 is 0.955 bits per heavy atom. The topological polar surface area (TPSA) is 0 Å². The molecule has 16 aromatic rings. The minimum Gasteiger partial charge on any atom is -0.0619 e. The van der Waals surface area contributed by atoms with Crippen LogP contribution in [0.4, 0.5) is 0 Å². The summed E-state index contributed by atoms with van der Waals surface area (Å²) in [5, 5.41) is 11.3. The molecule has 0 saturated heterocycles. The fourth-order valence-corrected chi connectivity index (χ4v) is 22.8. The summed E-state index contributed by atoms with van der Waals surface area (Å²) in [5.41, 5.74) is 59.0. The average molecular weight is 1440 g/mol. The smallest absolute Gasteiger partial charge is 0.000728 e. The van der Waals surface area contributed by atoms with Crippen molar-refractivity contribution in [2.45, 2.75) is 158 Å². The van der Waals surface area contributed by atoms with E-state index < -0.39 is 0 Å². The molecule has 24 rings (SSSR count). The van der Waals surface area contributed by atoms with Gasteiger partial charge in [0, 0.05) is 0 Å². The highest BCUT2D eigenvalue weighted by Crippen LogP contribution is 2.54. The molecule has 544 valence electrons. The minimum atomic E-state index is 0.562. The molecule has 0 aromatic heterocycles. The summed E-state index contributed by atoms with van der Waals surface area (Å²) in [5.74, 6) is 2.25. The summed E-state index contributed by atoms with van der Waals surface area (Å²) in [7, 11) is 0. The molecule has 8 aliphatic rings. The maximum absolute atomic E-state index is 2.49. The first-order valence-electron chi connectivity index (χ1n) is 41.7. The van der Waals surface area contributed by atoms with Crippen LogP contribution in [0.2, 0.25) is 0 Å². The largest absolute Gasteiger partial charge is 0.0619 e. The summed E-state index contributed by atoms with van der Waals surface area (Å²) < 4.78 is 0. The first-order valence-corrected chi connectivity index (χ1v) is 41.7. The quantitative estimate of drug-likeness (QED) is 0.165. The van der Waals surface area contributed by atoms with Crippen molar-refractivity contribution in [2.75, 3.05) is 0 Å². The first kappa shape index (κ1) is 68.6. The van der Waals surface area contributed by atoms with E-state index in [0.29, 0.717) is 23.7 Å². The van der Waals surface area contributed by atoms with Gasteiger partial charge in [0.25, 0.3) is 0 Å². The Hall–Kier alpha value is -11.4. The molecular weight excluding hydrogens is 1350 g/mol. The normalized spacial score (nSPS) is 13.6. The van der Waals surface area contributed by atoms with E-state index in [1.807, 2.05) is 0 Å². The van der Waals surface area contributed by atoms with Gasteiger partial charge in [-0.3, -0.25) is 0 Å². The van der Waals surface area contributed by atoms with Gasteiger partial charge in [-0.2, -0.15) is 0 Å². The molecule has 112 heavy (non-hydrogen) atoms. The molecule has 0 heteroatoms. The second kappa shape index (κ2) is 26.1. The predicted octanol–water partition coefficient (Wildman–Crippen LogP) is 29.7. The lowest BCUT2D eigenvalue weighted by Crippen LogP contribution is -1.98. The highest BCUT2D eigenvalue weighted by molar-refractivity contribution is 6.11. The summed E-state index contributed by atoms with van der Waals surface area (Å²) in [6.45, 7) is 27.7. The van der Waals surface area contributed by atoms with Gasteiger partial charge in [-0.05, 0) is 380 Å². The number of hydrogen-bond donors (Lipinski definition) is 0. The van der Waals surface area contributed by atoms with Gasteiger partial charge in [0.2, 0.25) is 0 Å². The van der Waals surface area contributed by atoms with Crippen LogP contribution in [0, 0.1) is 27.7 Å². The van der Waals surface area contributed by atoms with Gasteiger partial charge in [-0.25, -0.2) is 0 Å². The van der Waals surface area contributed by atoms with Crippen molar-refractivity contribution in [3.8, 4) is 89.0 Å². The van der Waals surface area contributed by atoms with Gasteiger partial charge in [-0.1, -0.05) is 286 Å². The van der Waals surface area contributed by atoms with E-state index in [4.69, 9.17) is 0 Å². The fraction of sp³-hybridized carbons (Fsp3) is 0.214. The van der Waals surface area contributed by atoms with Crippen molar-refractivity contribution in [3.63, 3.8) is 0 Å². The van der Waals surface area contributed by atoms with Crippen molar-refractivity contribution < 1.29 is 0 Å². The molecule has 0 N–H and O–H groups in total. The van der Waals surface area contributed by atoms with Crippen LogP contribution in [0.3, 0.4) is 0 Å². The number of hydrogen-bond acceptors (Lipinski definition) is 0. The van der Waals surface area contributed by atoms with Gasteiger partial charge in [0.1, 0.15) is 0 Å². The van der Waals surface area contributed by atoms with Crippen LogP contribution >= 0.6 is 0 Å². The zero-order valence-electron chi connectivity index (χ0n) is 67.1. The van der Waals surface area contributed by atoms with E-state index in [0.717, 1.165) is 51.4 Å². The van der Waals surface area contributed by atoms with Crippen LogP contribution in [-0.2, 0) is 51.4 Å². The molecule has 16 aromatic carbocycles. The summed E-state index contributed by atoms with van der Waals surface area (Å²) in [6, 6.07) is 92.5. The monoisotopic (exact) mass is 1440 g/mol. The third-order valence-corrected chi connectivity index (χ3v) is 27.3. The zero-order chi connectivity index (χ0) is 76.0. The Kier molecular flexibility index (Phi) is 16.0. The van der Waals surface area contributed by atoms with Crippen LogP contribution in [0.25, 0.3) is 132 Å². The summed E-state index contributed by atoms with van der Waals surface area (Å²) >= 11 is 0. The van der Waals surface area contributed by atoms with E-state index >= 15 is 0 Å². The van der Waals surface area contributed by atoms with Crippen molar-refractivity contribution in [3.05, 3.63) is 376 Å². The lowest BCUT2D eigenvalue weighted by atomic mass is 9.88. The molecule has 0 fully saturated rings. The Balaban J connectivity index is 0.0000000943. The van der Waals surface area contributed by atoms with Gasteiger partial charge in [0.15, 0.2) is 0 Å². The number of rotatable bonds is 4. The fourth-order valence-electron chi connectivity index (χ4n) is 22.8. The summed E-state index contributed by atoms with van der Waals surface area (Å²) in [4.78, 5) is 0. The van der Waals surface area contributed by atoms with Crippen LogP contribution < -0.4 is 0 Å². The molecule has 0 spiro atoms. The van der Waals surface area contributed by atoms with Gasteiger partial charge in [0.05, 0.1) is 0 Å². The molecule has 0 radical (unpaired) electrons. The maximum Gasteiger partial charge on any atom is -0.000728 e. The molecule has 0 atom stereocenters. The molecule has 0 aliphatic heterocycles. The number of benzene rings is 16. The van der Waals surface area contributed by atoms with Crippen LogP contribution in [0.15, 0.2) is 243 Å². The van der Waals surface area contributed by atoms with Crippen molar-refractivity contribution in [2.24, 2.45) is 0 Å². The first-order chi connectivity index (χ1) is 54.5. The number of fused-ring (bicyclic) bond motifs is 34. The van der Waals surface area contributed by atoms with E-state index in [9.17, 15) is 0 Å². The van der Waals surface area contributed by atoms with E-state index in [-0.39, 0.29) is 0 Å². The standard InChI is InChI=1S/4C28H24/c1-16(2)26-17(3)8-11-24-25(26)15-20-10-13-22-23(28(20)24)12-9-19-14-18-6-4-5-7-21(18)27(19)22;1-16(2)27-17(3)8-11-23-26(27)14-20-10-9-19-13-21-12-18-6-4-5-7-22(18)24(21)15-25(19)28(20)23;1-16(2)28-17(3)8-10-23-25-15-24-19(12-20(25)14-27(23)28)9-11-22-21-7-5-4-6-18(21)13-26(22)24;1-16(2)27-17(3)8-10-24-26(27)15-19-9-11-22-23(28(19)24)13-12-21-20-7-5-4-6-18(20)14-25(21)22/h4-13,16H,14-15H2,1-3H3;4-11,13,15-16H,12,14H2,1-3H3;4-12,15-16H,13-14H2,1-3H3;4-13,16H,14-15H2,1-3H3. The van der Waals surface area contributed by atoms with Crippen LogP contribution in [0.5, 0.6) is 0 Å². The van der Waals surface area contributed by atoms with Gasteiger partial charge >= 0.3 is 0 Å². The highest BCUT2D eigenvalue weighted by Gasteiger charge is 2.34. The zero-order valence-corrected chi connectivity index (χ0v) is 67.1. The molecule has 8 aliphatic carbocycles. The average Bonchev–Trinajstić information content (AvgIpc) is 1.60. The Morgan fingerprint density at radius 1 is 0.179 bits per heavy atom. The third-order valence-electron chi connectivity index (χ3n) is 27.3. The molecule has 0 bridgehead atoms. The second-order valence-corrected chi connectivity index (χ2v) is 35.2. The SMILES string of the molecule is Cc1ccc2c(c1C(C)C)Cc1cc3ccc4c(c3cc1-2)Cc1ccccc1-4.Cc1ccc2c(c1C(C)C)Cc1ccc3c4c(ccc3c1-2)-c1ccccc1C4.Cc1ccc2c(c1C(C)C)Cc1ccc3c4c(ccc3c1-2)Cc1ccccc1-4.Cc1ccc2c(c1C(C)C)Cc1ccc3cc4c(cc3c1-2)-c1ccccc1C4. The van der Waals surface area contributed by atoms with Crippen molar-refractivity contribution >= 4 is 43.1 Å². The second-order valence-electron chi connectivity index (χ2n) is 35.2. The highest BCUT2D eigenvalue weighted by atomic mass is 14.4. The molecular formula is C112H96. The van der Waals surface area contributed by atoms with E-state index in [2.05, 4.69) is 326 Å². The van der Waals surface area contributed by atoms with Crippen molar-refractivity contribution in [1.29, 1.82) is 0 Å². The molecule has 0 amide bonds. The van der Waals surface area contributed by atoms with E-state index in [1.54, 1.807) is 44.5 Å². The van der Waals surface area contributed by atoms with Gasteiger partial charge in [-0.15, -0.1) is 0 Å². The molecule has 0 nitrogen and oxygen atoms in total. The summed E-state index contributed by atoms with van der Waals surface area (Å²) in [6.07, 6.45) is 8.53. The predicted molar refractivity (Wildman–Crippen MR) is 477 cm³/mol. The molecule has 0 unspecified atom stereocenters. The molecule has 0 heterocycles. The lowest BCUT2D eigenvalue weighted by molar-refractivity contribution is 0.842. The maximum atomic E-state index is 2.49. The molecule has 0 saturated carbocycles. The van der Waals surface area contributed by atoms with Crippen LogP contribution in [-0.4, -0.2) is 0 Å². The lowest BCUT2D eigenvalue weighted by Gasteiger charge is -2.16. The van der Waals surface area contributed by atoms with E-state index in [1.165, 1.54) is 221 Å². The third kappa shape index (κ3) is 10.5. The van der Waals surface area contributed by atoms with Crippen molar-refractivity contribution in [1.82, 2.24) is 0 Å². The Labute approximate surface area is 662 Å². The van der Waals surface area contributed by atoms with Gasteiger partial charge < -0.3 is 0 Å². The Morgan fingerprint density at radius 2 is 0.455 bits per heavy atom.